The van der Waals surface area contributed by atoms with E-state index in [0.717, 1.165) is 16.4 Å². The van der Waals surface area contributed by atoms with Crippen LogP contribution in [0.25, 0.3) is 11.1 Å². The van der Waals surface area contributed by atoms with Gasteiger partial charge >= 0.3 is 0 Å². The van der Waals surface area contributed by atoms with Crippen LogP contribution in [0.5, 0.6) is 17.2 Å². The lowest BCUT2D eigenvalue weighted by molar-refractivity contribution is 0.283. The molecule has 5 heteroatoms. The first-order chi connectivity index (χ1) is 18.8. The van der Waals surface area contributed by atoms with Gasteiger partial charge in [-0.15, -0.1) is 0 Å². The SMILES string of the molecule is COc1cccc(OC)c1-c1cccc2c1P(=O)(C(C)(C)C)C(Cc1c(C(C)C)cc(C(C)C)cc1C(C)C)O2. The normalized spacial score (nSPS) is 18.8. The summed E-state index contributed by atoms with van der Waals surface area (Å²) in [6.45, 7) is 19.8. The van der Waals surface area contributed by atoms with Crippen LogP contribution in [0.3, 0.4) is 0 Å². The Morgan fingerprint density at radius 1 is 0.825 bits per heavy atom. The summed E-state index contributed by atoms with van der Waals surface area (Å²) in [6.07, 6.45) is 0.602. The van der Waals surface area contributed by atoms with Gasteiger partial charge in [-0.3, -0.25) is 0 Å². The molecule has 0 spiro atoms. The molecule has 0 N–H and O–H groups in total. The number of benzene rings is 3. The van der Waals surface area contributed by atoms with E-state index in [1.165, 1.54) is 22.3 Å². The Morgan fingerprint density at radius 3 is 1.80 bits per heavy atom. The number of hydrogen-bond acceptors (Lipinski definition) is 4. The van der Waals surface area contributed by atoms with E-state index < -0.39 is 18.1 Å². The van der Waals surface area contributed by atoms with Gasteiger partial charge < -0.3 is 18.8 Å². The molecule has 2 unspecified atom stereocenters. The molecule has 1 heterocycles. The molecular weight excluding hydrogens is 515 g/mol. The van der Waals surface area contributed by atoms with Crippen molar-refractivity contribution in [1.29, 1.82) is 0 Å². The monoisotopic (exact) mass is 562 g/mol. The first-order valence-electron chi connectivity index (χ1n) is 14.5. The van der Waals surface area contributed by atoms with Gasteiger partial charge in [0.05, 0.1) is 25.1 Å². The smallest absolute Gasteiger partial charge is 0.163 e. The van der Waals surface area contributed by atoms with Crippen LogP contribution in [-0.2, 0) is 11.0 Å². The van der Waals surface area contributed by atoms with Crippen molar-refractivity contribution in [2.45, 2.75) is 97.5 Å². The third kappa shape index (κ3) is 5.09. The number of ether oxygens (including phenoxy) is 3. The molecule has 0 amide bonds. The van der Waals surface area contributed by atoms with Crippen molar-refractivity contribution < 1.29 is 18.8 Å². The Balaban J connectivity index is 1.97. The highest BCUT2D eigenvalue weighted by atomic mass is 31.2. The summed E-state index contributed by atoms with van der Waals surface area (Å²) in [7, 11) is 0.169. The van der Waals surface area contributed by atoms with Gasteiger partial charge in [0.1, 0.15) is 17.2 Å². The van der Waals surface area contributed by atoms with Crippen LogP contribution in [0.1, 0.15) is 102 Å². The highest BCUT2D eigenvalue weighted by Crippen LogP contribution is 2.68. The molecule has 0 aromatic heterocycles. The third-order valence-corrected chi connectivity index (χ3v) is 12.5. The zero-order chi connectivity index (χ0) is 29.6. The zero-order valence-corrected chi connectivity index (χ0v) is 27.1. The molecular formula is C35H47O4P. The molecule has 0 saturated carbocycles. The molecule has 0 saturated heterocycles. The minimum Gasteiger partial charge on any atom is -0.496 e. The van der Waals surface area contributed by atoms with E-state index in [0.29, 0.717) is 41.4 Å². The van der Waals surface area contributed by atoms with Crippen molar-refractivity contribution in [3.8, 4) is 28.4 Å². The molecule has 40 heavy (non-hydrogen) atoms. The Morgan fingerprint density at radius 2 is 1.35 bits per heavy atom. The Labute approximate surface area is 241 Å². The highest BCUT2D eigenvalue weighted by molar-refractivity contribution is 7.74. The summed E-state index contributed by atoms with van der Waals surface area (Å²) in [5.74, 6) is 2.73. The van der Waals surface area contributed by atoms with Crippen molar-refractivity contribution in [3.63, 3.8) is 0 Å². The van der Waals surface area contributed by atoms with Crippen LogP contribution < -0.4 is 19.5 Å². The lowest BCUT2D eigenvalue weighted by Gasteiger charge is -2.34. The first kappa shape index (κ1) is 30.3. The summed E-state index contributed by atoms with van der Waals surface area (Å²) >= 11 is 0. The number of hydrogen-bond donors (Lipinski definition) is 0. The van der Waals surface area contributed by atoms with Crippen LogP contribution in [0.4, 0.5) is 0 Å². The molecule has 3 aromatic rings. The Kier molecular flexibility index (Phi) is 8.53. The molecule has 0 aliphatic carbocycles. The lowest BCUT2D eigenvalue weighted by atomic mass is 9.83. The van der Waals surface area contributed by atoms with E-state index in [2.05, 4.69) is 74.4 Å². The number of methoxy groups -OCH3 is 2. The average molecular weight is 563 g/mol. The standard InChI is InChI=1S/C35H47O4P/c1-21(2)24-18-26(22(3)4)28(27(19-24)23(5)6)20-32-39-31-17-12-14-25(34(31)40(32,36)35(7,8)9)33-29(37-10)15-13-16-30(33)38-11/h12-19,21-23,32H,20H2,1-11H3. The van der Waals surface area contributed by atoms with Gasteiger partial charge in [-0.05, 0) is 58.2 Å². The van der Waals surface area contributed by atoms with Crippen LogP contribution in [0.15, 0.2) is 48.5 Å². The fourth-order valence-electron chi connectivity index (χ4n) is 6.10. The largest absolute Gasteiger partial charge is 0.496 e. The van der Waals surface area contributed by atoms with Crippen molar-refractivity contribution in [1.82, 2.24) is 0 Å². The van der Waals surface area contributed by atoms with Crippen molar-refractivity contribution in [2.75, 3.05) is 14.2 Å². The van der Waals surface area contributed by atoms with Gasteiger partial charge in [0.15, 0.2) is 13.0 Å². The third-order valence-electron chi connectivity index (χ3n) is 8.32. The van der Waals surface area contributed by atoms with Gasteiger partial charge in [0.25, 0.3) is 0 Å². The van der Waals surface area contributed by atoms with Crippen molar-refractivity contribution in [2.24, 2.45) is 0 Å². The minimum atomic E-state index is -3.15. The Hall–Kier alpha value is -2.71. The van der Waals surface area contributed by atoms with Gasteiger partial charge in [0, 0.05) is 17.1 Å². The maximum atomic E-state index is 15.7. The van der Waals surface area contributed by atoms with Crippen LogP contribution >= 0.6 is 7.14 Å². The summed E-state index contributed by atoms with van der Waals surface area (Å²) in [5.41, 5.74) is 6.98. The van der Waals surface area contributed by atoms with Gasteiger partial charge in [0.2, 0.25) is 0 Å². The summed E-state index contributed by atoms with van der Waals surface area (Å²) < 4.78 is 34.0. The minimum absolute atomic E-state index is 0.345. The van der Waals surface area contributed by atoms with Crippen LogP contribution in [-0.4, -0.2) is 25.2 Å². The van der Waals surface area contributed by atoms with E-state index in [1.54, 1.807) is 14.2 Å². The molecule has 1 aliphatic heterocycles. The van der Waals surface area contributed by atoms with Crippen molar-refractivity contribution in [3.05, 3.63) is 70.8 Å². The molecule has 4 nitrogen and oxygen atoms in total. The number of rotatable bonds is 8. The van der Waals surface area contributed by atoms with E-state index in [4.69, 9.17) is 14.2 Å². The molecule has 4 rings (SSSR count). The molecule has 0 bridgehead atoms. The quantitative estimate of drug-likeness (QED) is 0.257. The predicted molar refractivity (Wildman–Crippen MR) is 169 cm³/mol. The molecule has 0 fully saturated rings. The second-order valence-electron chi connectivity index (χ2n) is 12.9. The second-order valence-corrected chi connectivity index (χ2v) is 16.6. The van der Waals surface area contributed by atoms with E-state index in [9.17, 15) is 0 Å². The highest BCUT2D eigenvalue weighted by Gasteiger charge is 2.54. The molecule has 3 aromatic carbocycles. The van der Waals surface area contributed by atoms with Gasteiger partial charge in [-0.1, -0.05) is 92.6 Å². The fraction of sp³-hybridized carbons (Fsp3) is 0.486. The van der Waals surface area contributed by atoms with E-state index in [1.807, 2.05) is 36.4 Å². The fourth-order valence-corrected chi connectivity index (χ4v) is 9.62. The molecule has 0 radical (unpaired) electrons. The summed E-state index contributed by atoms with van der Waals surface area (Å²) in [4.78, 5) is 0. The molecule has 216 valence electrons. The van der Waals surface area contributed by atoms with E-state index in [-0.39, 0.29) is 0 Å². The molecule has 2 atom stereocenters. The molecule has 1 aliphatic rings. The topological polar surface area (TPSA) is 44.8 Å². The zero-order valence-electron chi connectivity index (χ0n) is 26.2. The predicted octanol–water partition coefficient (Wildman–Crippen LogP) is 9.49. The maximum absolute atomic E-state index is 15.7. The lowest BCUT2D eigenvalue weighted by Crippen LogP contribution is -2.30. The van der Waals surface area contributed by atoms with Gasteiger partial charge in [-0.25, -0.2) is 0 Å². The maximum Gasteiger partial charge on any atom is 0.163 e. The van der Waals surface area contributed by atoms with Crippen LogP contribution in [0, 0.1) is 0 Å². The summed E-state index contributed by atoms with van der Waals surface area (Å²) in [6, 6.07) is 16.5. The van der Waals surface area contributed by atoms with Crippen molar-refractivity contribution >= 4 is 12.4 Å². The van der Waals surface area contributed by atoms with Crippen LogP contribution in [0.2, 0.25) is 0 Å². The van der Waals surface area contributed by atoms with Gasteiger partial charge in [-0.2, -0.15) is 0 Å². The van der Waals surface area contributed by atoms with E-state index >= 15 is 4.57 Å². The second kappa shape index (κ2) is 11.3. The average Bonchev–Trinajstić information content (AvgIpc) is 3.20. The first-order valence-corrected chi connectivity index (χ1v) is 16.3. The summed E-state index contributed by atoms with van der Waals surface area (Å²) in [5, 5.41) is 0.272. The Bertz CT molecular complexity index is 1380. The number of fused-ring (bicyclic) bond motifs is 1.